The van der Waals surface area contributed by atoms with Gasteiger partial charge in [-0.25, -0.2) is 9.78 Å². The van der Waals surface area contributed by atoms with Gasteiger partial charge in [0.1, 0.15) is 23.9 Å². The lowest BCUT2D eigenvalue weighted by atomic mass is 10.0. The maximum Gasteiger partial charge on any atom is 0.326 e. The van der Waals surface area contributed by atoms with Crippen LogP contribution in [0.5, 0.6) is 5.75 Å². The van der Waals surface area contributed by atoms with Crippen LogP contribution < -0.4 is 33.2 Å². The molecule has 4 atom stereocenters. The van der Waals surface area contributed by atoms with Gasteiger partial charge in [0.15, 0.2) is 0 Å². The van der Waals surface area contributed by atoms with E-state index in [2.05, 4.69) is 25.9 Å². The number of primary amides is 2. The number of carboxylic acids is 1. The second-order valence-corrected chi connectivity index (χ2v) is 8.96. The van der Waals surface area contributed by atoms with Crippen molar-refractivity contribution in [1.82, 2.24) is 25.9 Å². The number of amides is 5. The van der Waals surface area contributed by atoms with Gasteiger partial charge in [-0.2, -0.15) is 0 Å². The molecule has 0 spiro atoms. The van der Waals surface area contributed by atoms with Gasteiger partial charge in [-0.15, -0.1) is 0 Å². The first-order valence-corrected chi connectivity index (χ1v) is 12.1. The summed E-state index contributed by atoms with van der Waals surface area (Å²) in [7, 11) is 0. The number of aromatic nitrogens is 2. The maximum absolute atomic E-state index is 13.3. The van der Waals surface area contributed by atoms with E-state index in [4.69, 9.17) is 17.2 Å². The van der Waals surface area contributed by atoms with Crippen molar-refractivity contribution in [3.8, 4) is 5.75 Å². The molecule has 1 aromatic carbocycles. The topological polar surface area (TPSA) is 286 Å². The van der Waals surface area contributed by atoms with E-state index in [-0.39, 0.29) is 31.4 Å². The molecule has 0 radical (unpaired) electrons. The number of carbonyl (C=O) groups excluding carboxylic acids is 5. The first-order chi connectivity index (χ1) is 18.8. The van der Waals surface area contributed by atoms with Crippen LogP contribution in [-0.4, -0.2) is 79.9 Å². The molecule has 2 aromatic rings. The van der Waals surface area contributed by atoms with Crippen LogP contribution in [0.25, 0.3) is 0 Å². The summed E-state index contributed by atoms with van der Waals surface area (Å²) in [6.45, 7) is 0. The highest BCUT2D eigenvalue weighted by atomic mass is 16.4. The zero-order valence-electron chi connectivity index (χ0n) is 21.3. The molecule has 0 saturated carbocycles. The monoisotopic (exact) mass is 560 g/mol. The zero-order chi connectivity index (χ0) is 29.8. The van der Waals surface area contributed by atoms with E-state index >= 15 is 0 Å². The van der Waals surface area contributed by atoms with Crippen molar-refractivity contribution in [3.63, 3.8) is 0 Å². The van der Waals surface area contributed by atoms with E-state index in [0.29, 0.717) is 11.3 Å². The molecule has 5 amide bonds. The summed E-state index contributed by atoms with van der Waals surface area (Å²) < 4.78 is 0. The number of H-pyrrole nitrogens is 1. The number of nitrogens with zero attached hydrogens (tertiary/aromatic N) is 1. The van der Waals surface area contributed by atoms with E-state index in [1.807, 2.05) is 0 Å². The third-order valence-electron chi connectivity index (χ3n) is 5.67. The van der Waals surface area contributed by atoms with Crippen molar-refractivity contribution in [2.75, 3.05) is 0 Å². The minimum atomic E-state index is -1.69. The van der Waals surface area contributed by atoms with E-state index in [9.17, 15) is 39.0 Å². The van der Waals surface area contributed by atoms with Gasteiger partial charge in [0, 0.05) is 31.2 Å². The number of nitrogens with two attached hydrogens (primary N) is 3. The van der Waals surface area contributed by atoms with Gasteiger partial charge in [-0.3, -0.25) is 24.0 Å². The van der Waals surface area contributed by atoms with Crippen molar-refractivity contribution >= 4 is 35.5 Å². The van der Waals surface area contributed by atoms with Crippen molar-refractivity contribution in [1.29, 1.82) is 0 Å². The van der Waals surface area contributed by atoms with Crippen LogP contribution >= 0.6 is 0 Å². The number of imidazole rings is 1. The number of carbonyl (C=O) groups is 6. The zero-order valence-corrected chi connectivity index (χ0v) is 21.3. The Bertz CT molecular complexity index is 1200. The van der Waals surface area contributed by atoms with Crippen molar-refractivity contribution in [2.45, 2.75) is 56.3 Å². The summed E-state index contributed by atoms with van der Waals surface area (Å²) in [5, 5.41) is 25.9. The van der Waals surface area contributed by atoms with E-state index in [1.54, 1.807) is 0 Å². The molecule has 1 heterocycles. The highest BCUT2D eigenvalue weighted by molar-refractivity contribution is 5.95. The first-order valence-electron chi connectivity index (χ1n) is 12.1. The molecule has 216 valence electrons. The Morgan fingerprint density at radius 1 is 0.850 bits per heavy atom. The van der Waals surface area contributed by atoms with Crippen molar-refractivity contribution in [2.24, 2.45) is 17.2 Å². The van der Waals surface area contributed by atoms with Crippen LogP contribution in [0.3, 0.4) is 0 Å². The molecule has 0 saturated heterocycles. The number of phenols is 1. The largest absolute Gasteiger partial charge is 0.508 e. The average molecular weight is 561 g/mol. The van der Waals surface area contributed by atoms with Gasteiger partial charge in [0.25, 0.3) is 0 Å². The lowest BCUT2D eigenvalue weighted by Gasteiger charge is -2.25. The molecule has 40 heavy (non-hydrogen) atoms. The number of aromatic amines is 1. The number of hydrogen-bond donors (Lipinski definition) is 9. The van der Waals surface area contributed by atoms with Crippen LogP contribution in [-0.2, 0) is 41.6 Å². The van der Waals surface area contributed by atoms with E-state index in [0.717, 1.165) is 0 Å². The molecule has 0 bridgehead atoms. The summed E-state index contributed by atoms with van der Waals surface area (Å²) in [6, 6.07) is 0.284. The Morgan fingerprint density at radius 2 is 1.45 bits per heavy atom. The number of nitrogens with one attached hydrogen (secondary N) is 4. The molecule has 16 heteroatoms. The molecular formula is C24H32N8O8. The van der Waals surface area contributed by atoms with Gasteiger partial charge >= 0.3 is 5.97 Å². The Labute approximate surface area is 228 Å². The highest BCUT2D eigenvalue weighted by Crippen LogP contribution is 2.12. The van der Waals surface area contributed by atoms with Crippen LogP contribution in [0, 0.1) is 0 Å². The number of benzene rings is 1. The number of aromatic hydroxyl groups is 1. The van der Waals surface area contributed by atoms with Crippen LogP contribution in [0.1, 0.15) is 30.5 Å². The second-order valence-electron chi connectivity index (χ2n) is 8.96. The number of hydrogen-bond acceptors (Lipinski definition) is 9. The summed E-state index contributed by atoms with van der Waals surface area (Å²) in [6.07, 6.45) is 1.52. The lowest BCUT2D eigenvalue weighted by molar-refractivity contribution is -0.144. The Hall–Kier alpha value is -4.99. The van der Waals surface area contributed by atoms with E-state index in [1.165, 1.54) is 36.8 Å². The Kier molecular flexibility index (Phi) is 11.6. The standard InChI is InChI=1S/C24H32N8O8/c25-15(8-13-10-28-11-29-13)21(36)31-17(7-12-1-3-14(33)4-2-12)23(38)30-16(5-6-19(26)34)22(37)32-18(24(39)40)9-20(27)35/h1-4,10-11,15-18,33H,5-9,25H2,(H2,26,34)(H2,27,35)(H,28,29)(H,30,38)(H,31,36)(H,32,37)(H,39,40). The van der Waals surface area contributed by atoms with Gasteiger partial charge in [0.05, 0.1) is 18.8 Å². The van der Waals surface area contributed by atoms with Gasteiger partial charge in [0.2, 0.25) is 29.5 Å². The summed E-state index contributed by atoms with van der Waals surface area (Å²) >= 11 is 0. The molecule has 0 aliphatic carbocycles. The molecule has 4 unspecified atom stereocenters. The lowest BCUT2D eigenvalue weighted by Crippen LogP contribution is -2.58. The summed E-state index contributed by atoms with van der Waals surface area (Å²) in [4.78, 5) is 79.7. The predicted octanol–water partition coefficient (Wildman–Crippen LogP) is -3.09. The van der Waals surface area contributed by atoms with Gasteiger partial charge in [-0.1, -0.05) is 12.1 Å². The molecular weight excluding hydrogens is 528 g/mol. The normalized spacial score (nSPS) is 13.7. The average Bonchev–Trinajstić information content (AvgIpc) is 3.39. The highest BCUT2D eigenvalue weighted by Gasteiger charge is 2.31. The third kappa shape index (κ3) is 10.4. The fraction of sp³-hybridized carbons (Fsp3) is 0.375. The minimum Gasteiger partial charge on any atom is -0.508 e. The fourth-order valence-corrected chi connectivity index (χ4v) is 3.58. The molecule has 0 aliphatic heterocycles. The van der Waals surface area contributed by atoms with Crippen molar-refractivity contribution < 1.29 is 39.0 Å². The van der Waals surface area contributed by atoms with Crippen molar-refractivity contribution in [3.05, 3.63) is 48.0 Å². The maximum atomic E-state index is 13.3. The number of rotatable bonds is 16. The summed E-state index contributed by atoms with van der Waals surface area (Å²) in [5.74, 6) is -5.93. The Balaban J connectivity index is 2.25. The molecule has 16 nitrogen and oxygen atoms in total. The quantitative estimate of drug-likeness (QED) is 0.0996. The van der Waals surface area contributed by atoms with Gasteiger partial charge in [-0.05, 0) is 24.1 Å². The van der Waals surface area contributed by atoms with Crippen LogP contribution in [0.4, 0.5) is 0 Å². The molecule has 0 fully saturated rings. The summed E-state index contributed by atoms with van der Waals surface area (Å²) in [5.41, 5.74) is 17.3. The Morgan fingerprint density at radius 3 is 2.00 bits per heavy atom. The molecule has 1 aromatic heterocycles. The minimum absolute atomic E-state index is 0.0255. The number of aliphatic carboxylic acids is 1. The van der Waals surface area contributed by atoms with E-state index < -0.39 is 66.1 Å². The van der Waals surface area contributed by atoms with Crippen LogP contribution in [0.2, 0.25) is 0 Å². The molecule has 2 rings (SSSR count). The molecule has 0 aliphatic rings. The SMILES string of the molecule is NC(=O)CCC(NC(=O)C(Cc1ccc(O)cc1)NC(=O)C(N)Cc1cnc[nH]1)C(=O)NC(CC(N)=O)C(=O)O. The third-order valence-corrected chi connectivity index (χ3v) is 5.67. The molecule has 12 N–H and O–H groups in total. The predicted molar refractivity (Wildman–Crippen MR) is 138 cm³/mol. The second kappa shape index (κ2) is 14.8. The smallest absolute Gasteiger partial charge is 0.326 e. The van der Waals surface area contributed by atoms with Gasteiger partial charge < -0.3 is 48.3 Å². The first kappa shape index (κ1) is 31.2. The fourth-order valence-electron chi connectivity index (χ4n) is 3.58. The van der Waals surface area contributed by atoms with Crippen LogP contribution in [0.15, 0.2) is 36.8 Å². The number of carboxylic acid groups (broad SMARTS) is 1. The number of phenolic OH excluding ortho intramolecular Hbond substituents is 1.